The molecular weight excluding hydrogens is 226 g/mol. The van der Waals surface area contributed by atoms with Crippen molar-refractivity contribution < 1.29 is 4.79 Å². The molecule has 0 aliphatic carbocycles. The Morgan fingerprint density at radius 2 is 2.17 bits per heavy atom. The van der Waals surface area contributed by atoms with E-state index in [0.717, 1.165) is 26.1 Å². The lowest BCUT2D eigenvalue weighted by atomic mass is 9.96. The molecule has 0 spiro atoms. The Hall–Kier alpha value is -0.610. The van der Waals surface area contributed by atoms with Gasteiger partial charge in [-0.1, -0.05) is 19.8 Å². The van der Waals surface area contributed by atoms with Crippen LogP contribution < -0.4 is 11.1 Å². The van der Waals surface area contributed by atoms with Crippen molar-refractivity contribution in [3.05, 3.63) is 0 Å². The molecule has 1 saturated heterocycles. The second-order valence-corrected chi connectivity index (χ2v) is 5.71. The highest BCUT2D eigenvalue weighted by molar-refractivity contribution is 5.84. The molecule has 1 amide bonds. The van der Waals surface area contributed by atoms with Gasteiger partial charge in [-0.15, -0.1) is 0 Å². The highest BCUT2D eigenvalue weighted by atomic mass is 16.1. The van der Waals surface area contributed by atoms with Gasteiger partial charge >= 0.3 is 0 Å². The average molecular weight is 255 g/mol. The van der Waals surface area contributed by atoms with E-state index in [9.17, 15) is 4.79 Å². The van der Waals surface area contributed by atoms with Crippen molar-refractivity contribution >= 4 is 5.91 Å². The molecule has 1 aliphatic rings. The van der Waals surface area contributed by atoms with Gasteiger partial charge < -0.3 is 16.0 Å². The fraction of sp³-hybridized carbons (Fsp3) is 0.929. The first-order chi connectivity index (χ1) is 8.49. The molecule has 106 valence electrons. The zero-order chi connectivity index (χ0) is 13.6. The van der Waals surface area contributed by atoms with Crippen LogP contribution in [0.15, 0.2) is 0 Å². The number of carbonyl (C=O) groups is 1. The molecule has 0 aromatic carbocycles. The number of carbonyl (C=O) groups excluding carboxylic acids is 1. The smallest absolute Gasteiger partial charge is 0.237 e. The SMILES string of the molecule is CCNC(C)(CCN1CCCCCC1C)C(N)=O. The number of nitrogens with two attached hydrogens (primary N) is 1. The van der Waals surface area contributed by atoms with Crippen molar-refractivity contribution in [2.24, 2.45) is 5.73 Å². The van der Waals surface area contributed by atoms with Gasteiger partial charge in [-0.3, -0.25) is 4.79 Å². The van der Waals surface area contributed by atoms with E-state index >= 15 is 0 Å². The van der Waals surface area contributed by atoms with Crippen LogP contribution in [0, 0.1) is 0 Å². The number of hydrogen-bond acceptors (Lipinski definition) is 3. The summed E-state index contributed by atoms with van der Waals surface area (Å²) in [5.41, 5.74) is 4.95. The Morgan fingerprint density at radius 1 is 1.44 bits per heavy atom. The summed E-state index contributed by atoms with van der Waals surface area (Å²) in [6, 6.07) is 0.631. The quantitative estimate of drug-likeness (QED) is 0.756. The number of hydrogen-bond donors (Lipinski definition) is 2. The lowest BCUT2D eigenvalue weighted by Gasteiger charge is -2.32. The topological polar surface area (TPSA) is 58.4 Å². The zero-order valence-electron chi connectivity index (χ0n) is 12.2. The molecular formula is C14H29N3O. The number of likely N-dealkylation sites (tertiary alicyclic amines) is 1. The van der Waals surface area contributed by atoms with Crippen molar-refractivity contribution in [1.29, 1.82) is 0 Å². The van der Waals surface area contributed by atoms with Gasteiger partial charge in [0, 0.05) is 12.6 Å². The molecule has 2 atom stereocenters. The van der Waals surface area contributed by atoms with Crippen molar-refractivity contribution in [3.8, 4) is 0 Å². The Balaban J connectivity index is 2.52. The van der Waals surface area contributed by atoms with Crippen LogP contribution >= 0.6 is 0 Å². The van der Waals surface area contributed by atoms with Crippen molar-refractivity contribution in [1.82, 2.24) is 10.2 Å². The first-order valence-corrected chi connectivity index (χ1v) is 7.28. The van der Waals surface area contributed by atoms with Crippen LogP contribution in [0.25, 0.3) is 0 Å². The van der Waals surface area contributed by atoms with Crippen molar-refractivity contribution in [2.45, 2.75) is 64.5 Å². The van der Waals surface area contributed by atoms with Gasteiger partial charge in [0.1, 0.15) is 0 Å². The molecule has 0 aromatic heterocycles. The molecule has 0 saturated carbocycles. The van der Waals surface area contributed by atoms with E-state index in [1.807, 2.05) is 13.8 Å². The summed E-state index contributed by atoms with van der Waals surface area (Å²) in [6.07, 6.45) is 6.01. The van der Waals surface area contributed by atoms with Crippen LogP contribution in [0.3, 0.4) is 0 Å². The van der Waals surface area contributed by atoms with Crippen LogP contribution in [-0.4, -0.2) is 42.0 Å². The summed E-state index contributed by atoms with van der Waals surface area (Å²) in [7, 11) is 0. The van der Waals surface area contributed by atoms with Crippen LogP contribution in [0.2, 0.25) is 0 Å². The van der Waals surface area contributed by atoms with E-state index < -0.39 is 5.54 Å². The Morgan fingerprint density at radius 3 is 2.78 bits per heavy atom. The Labute approximate surface area is 111 Å². The molecule has 0 radical (unpaired) electrons. The first kappa shape index (κ1) is 15.4. The normalized spacial score (nSPS) is 25.4. The summed E-state index contributed by atoms with van der Waals surface area (Å²) in [4.78, 5) is 14.1. The van der Waals surface area contributed by atoms with Gasteiger partial charge in [-0.25, -0.2) is 0 Å². The van der Waals surface area contributed by atoms with Gasteiger partial charge in [-0.05, 0) is 46.2 Å². The summed E-state index contributed by atoms with van der Waals surface area (Å²) >= 11 is 0. The Kier molecular flexibility index (Phi) is 6.09. The monoisotopic (exact) mass is 255 g/mol. The first-order valence-electron chi connectivity index (χ1n) is 7.28. The van der Waals surface area contributed by atoms with E-state index in [0.29, 0.717) is 6.04 Å². The van der Waals surface area contributed by atoms with Gasteiger partial charge in [0.2, 0.25) is 5.91 Å². The number of amides is 1. The highest BCUT2D eigenvalue weighted by Gasteiger charge is 2.30. The predicted molar refractivity (Wildman–Crippen MR) is 75.4 cm³/mol. The highest BCUT2D eigenvalue weighted by Crippen LogP contribution is 2.18. The fourth-order valence-electron chi connectivity index (χ4n) is 2.72. The van der Waals surface area contributed by atoms with Gasteiger partial charge in [0.05, 0.1) is 5.54 Å². The minimum Gasteiger partial charge on any atom is -0.368 e. The van der Waals surface area contributed by atoms with Gasteiger partial charge in [0.25, 0.3) is 0 Å². The number of rotatable bonds is 6. The largest absolute Gasteiger partial charge is 0.368 e. The molecule has 0 aromatic rings. The molecule has 4 nitrogen and oxygen atoms in total. The van der Waals surface area contributed by atoms with Gasteiger partial charge in [0.15, 0.2) is 0 Å². The molecule has 2 unspecified atom stereocenters. The third-order valence-electron chi connectivity index (χ3n) is 4.20. The second kappa shape index (κ2) is 7.10. The molecule has 18 heavy (non-hydrogen) atoms. The van der Waals surface area contributed by atoms with E-state index in [2.05, 4.69) is 17.1 Å². The van der Waals surface area contributed by atoms with Crippen LogP contribution in [0.4, 0.5) is 0 Å². The molecule has 1 aliphatic heterocycles. The van der Waals surface area contributed by atoms with Crippen LogP contribution in [0.1, 0.15) is 52.9 Å². The number of primary amides is 1. The molecule has 0 bridgehead atoms. The van der Waals surface area contributed by atoms with E-state index in [4.69, 9.17) is 5.73 Å². The zero-order valence-corrected chi connectivity index (χ0v) is 12.2. The molecule has 4 heteroatoms. The summed E-state index contributed by atoms with van der Waals surface area (Å²) in [6.45, 7) is 9.10. The molecule has 1 fully saturated rings. The summed E-state index contributed by atoms with van der Waals surface area (Å²) < 4.78 is 0. The molecule has 3 N–H and O–H groups in total. The third kappa shape index (κ3) is 4.25. The van der Waals surface area contributed by atoms with Gasteiger partial charge in [-0.2, -0.15) is 0 Å². The standard InChI is InChI=1S/C14H29N3O/c1-4-16-14(3,13(15)18)9-11-17-10-7-5-6-8-12(17)2/h12,16H,4-11H2,1-3H3,(H2,15,18). The maximum Gasteiger partial charge on any atom is 0.237 e. The van der Waals surface area contributed by atoms with Crippen molar-refractivity contribution in [3.63, 3.8) is 0 Å². The third-order valence-corrected chi connectivity index (χ3v) is 4.20. The lowest BCUT2D eigenvalue weighted by Crippen LogP contribution is -2.55. The average Bonchev–Trinajstić information content (AvgIpc) is 2.51. The summed E-state index contributed by atoms with van der Waals surface area (Å²) in [5.74, 6) is -0.244. The second-order valence-electron chi connectivity index (χ2n) is 5.71. The van der Waals surface area contributed by atoms with E-state index in [1.54, 1.807) is 0 Å². The number of likely N-dealkylation sites (N-methyl/N-ethyl adjacent to an activating group) is 1. The minimum absolute atomic E-state index is 0.244. The number of nitrogens with zero attached hydrogens (tertiary/aromatic N) is 1. The van der Waals surface area contributed by atoms with E-state index in [-0.39, 0.29) is 5.91 Å². The summed E-state index contributed by atoms with van der Waals surface area (Å²) in [5, 5.41) is 3.23. The van der Waals surface area contributed by atoms with Crippen LogP contribution in [0.5, 0.6) is 0 Å². The maximum atomic E-state index is 11.6. The number of nitrogens with one attached hydrogen (secondary N) is 1. The fourth-order valence-corrected chi connectivity index (χ4v) is 2.72. The molecule has 1 heterocycles. The van der Waals surface area contributed by atoms with E-state index in [1.165, 1.54) is 25.7 Å². The van der Waals surface area contributed by atoms with Crippen molar-refractivity contribution in [2.75, 3.05) is 19.6 Å². The predicted octanol–water partition coefficient (Wildman–Crippen LogP) is 1.49. The van der Waals surface area contributed by atoms with Crippen LogP contribution in [-0.2, 0) is 4.79 Å². The Bertz CT molecular complexity index is 270. The maximum absolute atomic E-state index is 11.6. The lowest BCUT2D eigenvalue weighted by molar-refractivity contribution is -0.124. The minimum atomic E-state index is -0.569. The molecule has 1 rings (SSSR count).